The van der Waals surface area contributed by atoms with E-state index in [0.717, 1.165) is 24.0 Å². The highest BCUT2D eigenvalue weighted by atomic mass is 32.2. The van der Waals surface area contributed by atoms with E-state index in [1.165, 1.54) is 70.3 Å². The summed E-state index contributed by atoms with van der Waals surface area (Å²) in [6.45, 7) is 4.24. The third-order valence-electron chi connectivity index (χ3n) is 4.67. The van der Waals surface area contributed by atoms with Crippen LogP contribution in [0.4, 0.5) is 0 Å². The van der Waals surface area contributed by atoms with Crippen molar-refractivity contribution in [3.05, 3.63) is 29.3 Å². The quantitative estimate of drug-likeness (QED) is 0.344. The van der Waals surface area contributed by atoms with E-state index < -0.39 is 10.1 Å². The van der Waals surface area contributed by atoms with Crippen molar-refractivity contribution in [2.24, 2.45) is 0 Å². The number of aryl methyl sites for hydroxylation is 2. The summed E-state index contributed by atoms with van der Waals surface area (Å²) >= 11 is 0. The molecule has 3 nitrogen and oxygen atoms in total. The highest BCUT2D eigenvalue weighted by Crippen LogP contribution is 2.18. The van der Waals surface area contributed by atoms with Crippen molar-refractivity contribution in [3.8, 4) is 0 Å². The summed E-state index contributed by atoms with van der Waals surface area (Å²) in [7, 11) is -4.10. The Morgan fingerprint density at radius 1 is 0.833 bits per heavy atom. The van der Waals surface area contributed by atoms with Crippen LogP contribution in [0.2, 0.25) is 0 Å². The van der Waals surface area contributed by atoms with Gasteiger partial charge in [0.05, 0.1) is 4.90 Å². The largest absolute Gasteiger partial charge is 0.294 e. The average Bonchev–Trinajstić information content (AvgIpc) is 2.53. The third-order valence-corrected chi connectivity index (χ3v) is 5.52. The zero-order chi connectivity index (χ0) is 17.8. The second kappa shape index (κ2) is 11.6. The van der Waals surface area contributed by atoms with Gasteiger partial charge in [0.2, 0.25) is 0 Å². The zero-order valence-corrected chi connectivity index (χ0v) is 16.2. The molecule has 0 fully saturated rings. The van der Waals surface area contributed by atoms with Gasteiger partial charge in [0.1, 0.15) is 0 Å². The van der Waals surface area contributed by atoms with E-state index in [1.54, 1.807) is 12.1 Å². The fourth-order valence-corrected chi connectivity index (χ4v) is 3.59. The molecule has 0 bridgehead atoms. The molecule has 0 amide bonds. The molecule has 0 atom stereocenters. The van der Waals surface area contributed by atoms with Gasteiger partial charge in [-0.25, -0.2) is 0 Å². The summed E-state index contributed by atoms with van der Waals surface area (Å²) < 4.78 is 31.6. The van der Waals surface area contributed by atoms with Gasteiger partial charge < -0.3 is 0 Å². The third kappa shape index (κ3) is 8.84. The maximum absolute atomic E-state index is 11.2. The van der Waals surface area contributed by atoms with Crippen LogP contribution in [0.15, 0.2) is 23.1 Å². The number of rotatable bonds is 13. The first kappa shape index (κ1) is 21.2. The molecule has 1 N–H and O–H groups in total. The van der Waals surface area contributed by atoms with E-state index in [-0.39, 0.29) is 4.90 Å². The first-order valence-electron chi connectivity index (χ1n) is 9.52. The molecule has 1 rings (SSSR count). The summed E-state index contributed by atoms with van der Waals surface area (Å²) in [6, 6.07) is 4.85. The van der Waals surface area contributed by atoms with E-state index in [9.17, 15) is 8.42 Å². The van der Waals surface area contributed by atoms with Crippen LogP contribution < -0.4 is 0 Å². The van der Waals surface area contributed by atoms with Crippen LogP contribution in [-0.4, -0.2) is 13.0 Å². The fraction of sp³-hybridized carbons (Fsp3) is 0.700. The zero-order valence-electron chi connectivity index (χ0n) is 15.4. The Bertz CT molecular complexity index is 564. The van der Waals surface area contributed by atoms with Crippen molar-refractivity contribution in [2.45, 2.75) is 95.8 Å². The first-order valence-corrected chi connectivity index (χ1v) is 11.0. The second-order valence-electron chi connectivity index (χ2n) is 6.85. The molecule has 0 aliphatic rings. The molecule has 24 heavy (non-hydrogen) atoms. The Hall–Kier alpha value is -0.870. The van der Waals surface area contributed by atoms with Crippen molar-refractivity contribution < 1.29 is 13.0 Å². The van der Waals surface area contributed by atoms with Crippen molar-refractivity contribution in [3.63, 3.8) is 0 Å². The van der Waals surface area contributed by atoms with Gasteiger partial charge >= 0.3 is 0 Å². The molecule has 0 saturated carbocycles. The lowest BCUT2D eigenvalue weighted by Gasteiger charge is -2.08. The van der Waals surface area contributed by atoms with Crippen molar-refractivity contribution >= 4 is 10.1 Å². The summed E-state index contributed by atoms with van der Waals surface area (Å²) in [5.74, 6) is 0. The van der Waals surface area contributed by atoms with E-state index in [1.807, 2.05) is 6.92 Å². The van der Waals surface area contributed by atoms with Crippen LogP contribution in [0.1, 0.15) is 88.7 Å². The van der Waals surface area contributed by atoms with E-state index >= 15 is 0 Å². The van der Waals surface area contributed by atoms with Gasteiger partial charge in [-0.15, -0.1) is 0 Å². The standard InChI is InChI=1S/C20H34O3S/c1-3-4-5-6-7-8-9-10-11-12-13-14-19-17-20(24(21,22)23)16-15-18(19)2/h15-17H,3-14H2,1-2H3,(H,21,22,23). The molecule has 0 aromatic heterocycles. The van der Waals surface area contributed by atoms with Gasteiger partial charge in [0.25, 0.3) is 10.1 Å². The van der Waals surface area contributed by atoms with Crippen LogP contribution in [0.3, 0.4) is 0 Å². The van der Waals surface area contributed by atoms with E-state index in [0.29, 0.717) is 0 Å². The maximum Gasteiger partial charge on any atom is 0.294 e. The minimum Gasteiger partial charge on any atom is -0.282 e. The molecule has 1 aromatic carbocycles. The van der Waals surface area contributed by atoms with Gasteiger partial charge in [0.15, 0.2) is 0 Å². The lowest BCUT2D eigenvalue weighted by molar-refractivity contribution is 0.483. The molecule has 1 aromatic rings. The maximum atomic E-state index is 11.2. The molecular weight excluding hydrogens is 320 g/mol. The second-order valence-corrected chi connectivity index (χ2v) is 8.27. The molecule has 0 radical (unpaired) electrons. The Kier molecular flexibility index (Phi) is 10.3. The minimum atomic E-state index is -4.10. The summed E-state index contributed by atoms with van der Waals surface area (Å²) in [5.41, 5.74) is 2.12. The van der Waals surface area contributed by atoms with Crippen molar-refractivity contribution in [2.75, 3.05) is 0 Å². The predicted molar refractivity (Wildman–Crippen MR) is 101 cm³/mol. The number of benzene rings is 1. The molecule has 0 saturated heterocycles. The SMILES string of the molecule is CCCCCCCCCCCCCc1cc(S(=O)(=O)O)ccc1C. The Morgan fingerprint density at radius 3 is 1.83 bits per heavy atom. The van der Waals surface area contributed by atoms with Crippen LogP contribution in [0.5, 0.6) is 0 Å². The topological polar surface area (TPSA) is 54.4 Å². The Labute approximate surface area is 148 Å². The summed E-state index contributed by atoms with van der Waals surface area (Å²) in [4.78, 5) is 0.00572. The van der Waals surface area contributed by atoms with Crippen LogP contribution in [0.25, 0.3) is 0 Å². The lowest BCUT2D eigenvalue weighted by Crippen LogP contribution is -2.00. The molecule has 4 heteroatoms. The highest BCUT2D eigenvalue weighted by molar-refractivity contribution is 7.85. The van der Waals surface area contributed by atoms with Gasteiger partial charge in [-0.05, 0) is 43.0 Å². The van der Waals surface area contributed by atoms with Gasteiger partial charge in [-0.3, -0.25) is 4.55 Å². The summed E-state index contributed by atoms with van der Waals surface area (Å²) in [5, 5.41) is 0. The van der Waals surface area contributed by atoms with Gasteiger partial charge in [0, 0.05) is 0 Å². The van der Waals surface area contributed by atoms with Gasteiger partial charge in [-0.1, -0.05) is 77.2 Å². The van der Waals surface area contributed by atoms with Crippen molar-refractivity contribution in [1.29, 1.82) is 0 Å². The molecular formula is C20H34O3S. The normalized spacial score (nSPS) is 11.8. The Balaban J connectivity index is 2.15. The highest BCUT2D eigenvalue weighted by Gasteiger charge is 2.11. The van der Waals surface area contributed by atoms with Crippen molar-refractivity contribution in [1.82, 2.24) is 0 Å². The molecule has 0 aliphatic carbocycles. The van der Waals surface area contributed by atoms with E-state index in [2.05, 4.69) is 6.92 Å². The first-order chi connectivity index (χ1) is 11.4. The monoisotopic (exact) mass is 354 g/mol. The van der Waals surface area contributed by atoms with Gasteiger partial charge in [-0.2, -0.15) is 8.42 Å². The lowest BCUT2D eigenvalue weighted by atomic mass is 10.0. The molecule has 138 valence electrons. The Morgan fingerprint density at radius 2 is 1.33 bits per heavy atom. The molecule has 0 spiro atoms. The van der Waals surface area contributed by atoms with Crippen LogP contribution in [0, 0.1) is 6.92 Å². The molecule has 0 aliphatic heterocycles. The molecule has 0 heterocycles. The number of hydrogen-bond acceptors (Lipinski definition) is 2. The average molecular weight is 355 g/mol. The summed E-state index contributed by atoms with van der Waals surface area (Å²) in [6.07, 6.45) is 15.2. The van der Waals surface area contributed by atoms with Crippen LogP contribution >= 0.6 is 0 Å². The predicted octanol–water partition coefficient (Wildman–Crippen LogP) is 6.10. The molecule has 0 unspecified atom stereocenters. The fourth-order valence-electron chi connectivity index (χ4n) is 3.06. The smallest absolute Gasteiger partial charge is 0.282 e. The number of hydrogen-bond donors (Lipinski definition) is 1. The van der Waals surface area contributed by atoms with E-state index in [4.69, 9.17) is 4.55 Å². The van der Waals surface area contributed by atoms with Crippen LogP contribution in [-0.2, 0) is 16.5 Å². The minimum absolute atomic E-state index is 0.00572. The number of unbranched alkanes of at least 4 members (excludes halogenated alkanes) is 10.